The molecule has 1 nitrogen and oxygen atoms in total. The summed E-state index contributed by atoms with van der Waals surface area (Å²) >= 11 is 0. The van der Waals surface area contributed by atoms with Crippen LogP contribution in [0.1, 0.15) is 47.2 Å². The van der Waals surface area contributed by atoms with Gasteiger partial charge in [0.05, 0.1) is 11.1 Å². The molecule has 354 valence electrons. The molecule has 0 spiro atoms. The van der Waals surface area contributed by atoms with Gasteiger partial charge in [-0.25, -0.2) is 0 Å². The Labute approximate surface area is 440 Å². The van der Waals surface area contributed by atoms with Crippen molar-refractivity contribution in [3.63, 3.8) is 0 Å². The van der Waals surface area contributed by atoms with Gasteiger partial charge in [0.2, 0.25) is 0 Å². The maximum Gasteiger partial charge on any atom is 0.0714 e. The van der Waals surface area contributed by atoms with E-state index in [1.165, 1.54) is 99.8 Å². The minimum absolute atomic E-state index is 0.276. The SMILES string of the molecule is CC1(C)c2cc(-c3cccc4ccccc34)ccc2-c2ccc(N(c3ccc4c(c3)C(c3ccccc3)(c3ccccc3)c3cc(-c5ccccc5)ccc3-4)c3ccccc3-c3cccc(-c4ccccc4)c3)cc21. The molecule has 0 N–H and O–H groups in total. The molecule has 0 heterocycles. The highest BCUT2D eigenvalue weighted by Gasteiger charge is 2.47. The van der Waals surface area contributed by atoms with Gasteiger partial charge in [-0.05, 0) is 154 Å². The molecule has 0 amide bonds. The zero-order chi connectivity index (χ0) is 50.1. The summed E-state index contributed by atoms with van der Waals surface area (Å²) in [6, 6.07) is 106. The van der Waals surface area contributed by atoms with Crippen LogP contribution in [0.25, 0.3) is 77.5 Å². The molecule has 0 unspecified atom stereocenters. The van der Waals surface area contributed by atoms with E-state index < -0.39 is 5.41 Å². The molecule has 2 aliphatic rings. The van der Waals surface area contributed by atoms with Crippen LogP contribution in [-0.4, -0.2) is 0 Å². The first kappa shape index (κ1) is 44.4. The lowest BCUT2D eigenvalue weighted by molar-refractivity contribution is 0.660. The molecule has 12 aromatic rings. The normalized spacial score (nSPS) is 13.4. The first-order valence-electron chi connectivity index (χ1n) is 26.2. The topological polar surface area (TPSA) is 3.24 Å². The van der Waals surface area contributed by atoms with E-state index >= 15 is 0 Å². The molecule has 1 heteroatoms. The number of benzene rings is 12. The van der Waals surface area contributed by atoms with Gasteiger partial charge in [0.1, 0.15) is 0 Å². The van der Waals surface area contributed by atoms with Gasteiger partial charge in [-0.15, -0.1) is 0 Å². The van der Waals surface area contributed by atoms with Crippen LogP contribution in [-0.2, 0) is 10.8 Å². The van der Waals surface area contributed by atoms with E-state index in [4.69, 9.17) is 0 Å². The van der Waals surface area contributed by atoms with Gasteiger partial charge in [-0.2, -0.15) is 0 Å². The second kappa shape index (κ2) is 17.7. The quantitative estimate of drug-likeness (QED) is 0.139. The third-order valence-electron chi connectivity index (χ3n) is 16.3. The van der Waals surface area contributed by atoms with Gasteiger partial charge in [-0.3, -0.25) is 0 Å². The van der Waals surface area contributed by atoms with Crippen molar-refractivity contribution < 1.29 is 0 Å². The lowest BCUT2D eigenvalue weighted by Gasteiger charge is -2.35. The molecular formula is C74H53N. The maximum atomic E-state index is 2.53. The van der Waals surface area contributed by atoms with Crippen LogP contribution in [0.2, 0.25) is 0 Å². The molecule has 0 saturated carbocycles. The van der Waals surface area contributed by atoms with Crippen LogP contribution in [0.3, 0.4) is 0 Å². The second-order valence-corrected chi connectivity index (χ2v) is 20.8. The summed E-state index contributed by atoms with van der Waals surface area (Å²) in [6.07, 6.45) is 0. The summed E-state index contributed by atoms with van der Waals surface area (Å²) in [5.74, 6) is 0. The van der Waals surface area contributed by atoms with Crippen molar-refractivity contribution >= 4 is 27.8 Å². The number of hydrogen-bond acceptors (Lipinski definition) is 1. The van der Waals surface area contributed by atoms with Crippen LogP contribution in [0, 0.1) is 0 Å². The Morgan fingerprint density at radius 3 is 1.35 bits per heavy atom. The fourth-order valence-corrected chi connectivity index (χ4v) is 12.8. The third kappa shape index (κ3) is 7.14. The van der Waals surface area contributed by atoms with Crippen molar-refractivity contribution in [3.8, 4) is 66.8 Å². The van der Waals surface area contributed by atoms with Gasteiger partial charge in [0, 0.05) is 22.4 Å². The molecular weight excluding hydrogens is 903 g/mol. The molecule has 0 aliphatic heterocycles. The summed E-state index contributed by atoms with van der Waals surface area (Å²) in [5.41, 5.74) is 24.9. The van der Waals surface area contributed by atoms with Crippen molar-refractivity contribution in [1.29, 1.82) is 0 Å². The predicted molar refractivity (Wildman–Crippen MR) is 315 cm³/mol. The first-order valence-corrected chi connectivity index (χ1v) is 26.2. The molecule has 0 radical (unpaired) electrons. The van der Waals surface area contributed by atoms with Crippen molar-refractivity contribution in [2.75, 3.05) is 4.90 Å². The molecule has 0 atom stereocenters. The highest BCUT2D eigenvalue weighted by atomic mass is 15.1. The van der Waals surface area contributed by atoms with Crippen LogP contribution in [0.4, 0.5) is 17.1 Å². The highest BCUT2D eigenvalue weighted by molar-refractivity contribution is 5.99. The van der Waals surface area contributed by atoms with Crippen molar-refractivity contribution in [1.82, 2.24) is 0 Å². The van der Waals surface area contributed by atoms with Crippen LogP contribution in [0.5, 0.6) is 0 Å². The summed E-state index contributed by atoms with van der Waals surface area (Å²) < 4.78 is 0. The smallest absolute Gasteiger partial charge is 0.0714 e. The number of rotatable bonds is 9. The Bertz CT molecular complexity index is 4090. The molecule has 14 rings (SSSR count). The van der Waals surface area contributed by atoms with Crippen molar-refractivity contribution in [2.45, 2.75) is 24.7 Å². The Morgan fingerprint density at radius 1 is 0.267 bits per heavy atom. The fourth-order valence-electron chi connectivity index (χ4n) is 12.8. The highest BCUT2D eigenvalue weighted by Crippen LogP contribution is 2.59. The second-order valence-electron chi connectivity index (χ2n) is 20.8. The van der Waals surface area contributed by atoms with Gasteiger partial charge in [0.15, 0.2) is 0 Å². The monoisotopic (exact) mass is 955 g/mol. The van der Waals surface area contributed by atoms with Gasteiger partial charge >= 0.3 is 0 Å². The molecule has 75 heavy (non-hydrogen) atoms. The molecule has 0 aromatic heterocycles. The summed E-state index contributed by atoms with van der Waals surface area (Å²) in [5, 5.41) is 2.53. The summed E-state index contributed by atoms with van der Waals surface area (Å²) in [4.78, 5) is 2.53. The van der Waals surface area contributed by atoms with E-state index in [1.807, 2.05) is 0 Å². The van der Waals surface area contributed by atoms with E-state index in [1.54, 1.807) is 0 Å². The largest absolute Gasteiger partial charge is 0.310 e. The lowest BCUT2D eigenvalue weighted by atomic mass is 9.67. The van der Waals surface area contributed by atoms with Crippen molar-refractivity contribution in [3.05, 3.63) is 318 Å². The van der Waals surface area contributed by atoms with Crippen LogP contribution in [0.15, 0.2) is 285 Å². The average Bonchev–Trinajstić information content (AvgIpc) is 3.95. The zero-order valence-electron chi connectivity index (χ0n) is 42.1. The average molecular weight is 956 g/mol. The van der Waals surface area contributed by atoms with E-state index in [9.17, 15) is 0 Å². The van der Waals surface area contributed by atoms with E-state index in [0.29, 0.717) is 0 Å². The maximum absolute atomic E-state index is 2.53. The molecule has 2 aliphatic carbocycles. The van der Waals surface area contributed by atoms with Crippen molar-refractivity contribution in [2.24, 2.45) is 0 Å². The fraction of sp³-hybridized carbons (Fsp3) is 0.0541. The van der Waals surface area contributed by atoms with E-state index in [-0.39, 0.29) is 5.41 Å². The minimum Gasteiger partial charge on any atom is -0.310 e. The number of fused-ring (bicyclic) bond motifs is 7. The third-order valence-corrected chi connectivity index (χ3v) is 16.3. The van der Waals surface area contributed by atoms with E-state index in [0.717, 1.165) is 28.2 Å². The number of para-hydroxylation sites is 1. The number of nitrogens with zero attached hydrogens (tertiary/aromatic N) is 1. The van der Waals surface area contributed by atoms with Crippen LogP contribution < -0.4 is 4.90 Å². The standard InChI is InChI=1S/C74H53N/c1-73(2)68-47-56(62-35-20-26-52-25-15-16-33-61(52)62)38-42-64(68)65-43-39-59(48-69(65)73)75(72-36-18-17-34-63(72)55-28-19-27-53(45-55)50-21-7-3-8-22-50)60-40-44-67-66-41-37-54(51-23-9-4-10-24-51)46-70(66)74(71(67)49-60,57-29-11-5-12-30-57)58-31-13-6-14-32-58/h3-49H,1-2H3. The summed E-state index contributed by atoms with van der Waals surface area (Å²) in [7, 11) is 0. The van der Waals surface area contributed by atoms with Gasteiger partial charge in [0.25, 0.3) is 0 Å². The van der Waals surface area contributed by atoms with Gasteiger partial charge in [-0.1, -0.05) is 250 Å². The Kier molecular flexibility index (Phi) is 10.5. The molecule has 0 bridgehead atoms. The Morgan fingerprint density at radius 2 is 0.680 bits per heavy atom. The Balaban J connectivity index is 0.991. The molecule has 12 aromatic carbocycles. The van der Waals surface area contributed by atoms with Gasteiger partial charge < -0.3 is 4.90 Å². The number of anilines is 3. The molecule has 0 saturated heterocycles. The lowest BCUT2D eigenvalue weighted by Crippen LogP contribution is -2.29. The predicted octanol–water partition coefficient (Wildman–Crippen LogP) is 19.6. The Hall–Kier alpha value is -9.30. The molecule has 0 fully saturated rings. The first-order chi connectivity index (χ1) is 36.9. The van der Waals surface area contributed by atoms with E-state index in [2.05, 4.69) is 304 Å². The van der Waals surface area contributed by atoms with Crippen LogP contribution >= 0.6 is 0 Å². The minimum atomic E-state index is -0.619. The summed E-state index contributed by atoms with van der Waals surface area (Å²) in [6.45, 7) is 4.82. The zero-order valence-corrected chi connectivity index (χ0v) is 42.1. The number of hydrogen-bond donors (Lipinski definition) is 0.